The molecule has 0 radical (unpaired) electrons. The van der Waals surface area contributed by atoms with Crippen LogP contribution in [0.3, 0.4) is 0 Å². The Morgan fingerprint density at radius 3 is 2.74 bits per heavy atom. The van der Waals surface area contributed by atoms with Crippen LogP contribution < -0.4 is 15.5 Å². The number of anilines is 4. The van der Waals surface area contributed by atoms with Crippen LogP contribution in [0.25, 0.3) is 0 Å². The number of nitrogens with zero attached hydrogens (tertiary/aromatic N) is 5. The van der Waals surface area contributed by atoms with E-state index in [4.69, 9.17) is 16.3 Å². The number of benzene rings is 1. The van der Waals surface area contributed by atoms with E-state index in [1.165, 1.54) is 11.3 Å². The molecule has 1 aromatic carbocycles. The summed E-state index contributed by atoms with van der Waals surface area (Å²) < 4.78 is 5.47. The van der Waals surface area contributed by atoms with Crippen molar-refractivity contribution in [3.63, 3.8) is 0 Å². The summed E-state index contributed by atoms with van der Waals surface area (Å²) in [5.41, 5.74) is 1.50. The molecular weight excluding hydrogens is 486 g/mol. The Kier molecular flexibility index (Phi) is 8.50. The minimum atomic E-state index is -0.256. The zero-order chi connectivity index (χ0) is 24.8. The predicted molar refractivity (Wildman–Crippen MR) is 141 cm³/mol. The molecule has 0 unspecified atom stereocenters. The fourth-order valence-corrected chi connectivity index (χ4v) is 4.82. The second-order valence-electron chi connectivity index (χ2n) is 8.22. The van der Waals surface area contributed by atoms with E-state index in [2.05, 4.69) is 35.4 Å². The van der Waals surface area contributed by atoms with Crippen LogP contribution in [0.5, 0.6) is 0 Å². The highest BCUT2D eigenvalue weighted by Gasteiger charge is 2.19. The van der Waals surface area contributed by atoms with Crippen LogP contribution in [0.2, 0.25) is 5.02 Å². The number of halogens is 1. The fourth-order valence-electron chi connectivity index (χ4n) is 3.83. The van der Waals surface area contributed by atoms with Crippen molar-refractivity contribution in [1.29, 1.82) is 0 Å². The quantitative estimate of drug-likeness (QED) is 0.406. The topological polar surface area (TPSA) is 95.5 Å². The van der Waals surface area contributed by atoms with E-state index in [1.54, 1.807) is 12.3 Å². The first-order valence-electron chi connectivity index (χ1n) is 11.6. The van der Waals surface area contributed by atoms with E-state index >= 15 is 0 Å². The van der Waals surface area contributed by atoms with Gasteiger partial charge in [-0.15, -0.1) is 0 Å². The Morgan fingerprint density at radius 2 is 2.00 bits per heavy atom. The number of para-hydroxylation sites is 1. The third-order valence-electron chi connectivity index (χ3n) is 5.70. The van der Waals surface area contributed by atoms with Crippen molar-refractivity contribution in [2.75, 3.05) is 61.5 Å². The summed E-state index contributed by atoms with van der Waals surface area (Å²) in [7, 11) is 0. The first-order chi connectivity index (χ1) is 16.9. The van der Waals surface area contributed by atoms with Crippen molar-refractivity contribution in [2.24, 2.45) is 0 Å². The van der Waals surface area contributed by atoms with Crippen molar-refractivity contribution >= 4 is 51.3 Å². The number of nitrogens with one attached hydrogen (secondary N) is 2. The maximum absolute atomic E-state index is 12.7. The van der Waals surface area contributed by atoms with Gasteiger partial charge < -0.3 is 20.3 Å². The van der Waals surface area contributed by atoms with Crippen molar-refractivity contribution in [2.45, 2.75) is 20.8 Å². The van der Waals surface area contributed by atoms with Crippen molar-refractivity contribution in [3.8, 4) is 0 Å². The van der Waals surface area contributed by atoms with E-state index in [-0.39, 0.29) is 5.91 Å². The van der Waals surface area contributed by atoms with Gasteiger partial charge in [0, 0.05) is 45.4 Å². The Bertz CT molecular complexity index is 1140. The summed E-state index contributed by atoms with van der Waals surface area (Å²) in [6, 6.07) is 7.43. The number of hydrogen-bond acceptors (Lipinski definition) is 9. The molecule has 35 heavy (non-hydrogen) atoms. The summed E-state index contributed by atoms with van der Waals surface area (Å²) in [5, 5.41) is 7.19. The first kappa shape index (κ1) is 25.3. The van der Waals surface area contributed by atoms with Gasteiger partial charge in [0.15, 0.2) is 5.13 Å². The largest absolute Gasteiger partial charge is 0.380 e. The molecule has 1 amide bonds. The van der Waals surface area contributed by atoms with E-state index in [1.807, 2.05) is 39.0 Å². The number of thiazole rings is 1. The maximum Gasteiger partial charge on any atom is 0.267 e. The summed E-state index contributed by atoms with van der Waals surface area (Å²) in [4.78, 5) is 31.4. The minimum Gasteiger partial charge on any atom is -0.380 e. The summed E-state index contributed by atoms with van der Waals surface area (Å²) >= 11 is 7.49. The third kappa shape index (κ3) is 6.66. The molecule has 186 valence electrons. The van der Waals surface area contributed by atoms with Crippen LogP contribution in [0.4, 0.5) is 22.5 Å². The van der Waals surface area contributed by atoms with E-state index < -0.39 is 0 Å². The van der Waals surface area contributed by atoms with Crippen LogP contribution in [-0.4, -0.2) is 71.7 Å². The number of rotatable bonds is 9. The van der Waals surface area contributed by atoms with Gasteiger partial charge in [-0.2, -0.15) is 0 Å². The molecule has 4 rings (SSSR count). The highest BCUT2D eigenvalue weighted by molar-refractivity contribution is 7.17. The lowest BCUT2D eigenvalue weighted by Crippen LogP contribution is -2.47. The number of aryl methyl sites for hydroxylation is 2. The summed E-state index contributed by atoms with van der Waals surface area (Å²) in [6.07, 6.45) is 1.55. The lowest BCUT2D eigenvalue weighted by molar-refractivity contribution is 0.103. The zero-order valence-corrected chi connectivity index (χ0v) is 21.7. The first-order valence-corrected chi connectivity index (χ1v) is 12.8. The number of ether oxygens (including phenoxy) is 1. The van der Waals surface area contributed by atoms with Crippen LogP contribution in [0, 0.1) is 13.8 Å². The van der Waals surface area contributed by atoms with Gasteiger partial charge in [0.1, 0.15) is 22.3 Å². The number of carbonyl (C=O) groups is 1. The lowest BCUT2D eigenvalue weighted by atomic mass is 10.2. The summed E-state index contributed by atoms with van der Waals surface area (Å²) in [5.74, 6) is 1.95. The molecule has 0 spiro atoms. The Labute approximate surface area is 214 Å². The predicted octanol–water partition coefficient (Wildman–Crippen LogP) is 4.36. The molecule has 1 saturated heterocycles. The number of piperazine rings is 1. The molecule has 2 aromatic heterocycles. The van der Waals surface area contributed by atoms with E-state index in [9.17, 15) is 4.79 Å². The average molecular weight is 516 g/mol. The van der Waals surface area contributed by atoms with Gasteiger partial charge in [-0.1, -0.05) is 35.1 Å². The van der Waals surface area contributed by atoms with Crippen LogP contribution in [0.15, 0.2) is 30.5 Å². The molecule has 0 saturated carbocycles. The molecule has 0 bridgehead atoms. The van der Waals surface area contributed by atoms with Gasteiger partial charge in [0.2, 0.25) is 0 Å². The van der Waals surface area contributed by atoms with Gasteiger partial charge in [-0.05, 0) is 32.4 Å². The minimum absolute atomic E-state index is 0.256. The van der Waals surface area contributed by atoms with Gasteiger partial charge >= 0.3 is 0 Å². The molecule has 1 aliphatic heterocycles. The van der Waals surface area contributed by atoms with Crippen molar-refractivity contribution < 1.29 is 9.53 Å². The molecule has 1 fully saturated rings. The van der Waals surface area contributed by atoms with Gasteiger partial charge in [0.25, 0.3) is 5.91 Å². The highest BCUT2D eigenvalue weighted by atomic mass is 35.5. The summed E-state index contributed by atoms with van der Waals surface area (Å²) in [6.45, 7) is 12.0. The molecule has 3 aromatic rings. The standard InChI is InChI=1S/C24H30ClN7O2S/c1-4-34-13-12-31-8-10-32(11-9-31)21-14-20(27-17(3)28-21)29-24-26-15-19(35-24)23(33)30-22-16(2)6-5-7-18(22)25/h5-7,14-15H,4,8-13H2,1-3H3,(H,30,33)(H,26,27,28,29). The highest BCUT2D eigenvalue weighted by Crippen LogP contribution is 2.28. The fraction of sp³-hybridized carbons (Fsp3) is 0.417. The maximum atomic E-state index is 12.7. The van der Waals surface area contributed by atoms with Crippen molar-refractivity contribution in [1.82, 2.24) is 19.9 Å². The monoisotopic (exact) mass is 515 g/mol. The average Bonchev–Trinajstić information content (AvgIpc) is 3.30. The number of aromatic nitrogens is 3. The second kappa shape index (κ2) is 11.8. The molecule has 0 atom stereocenters. The number of hydrogen-bond donors (Lipinski definition) is 2. The van der Waals surface area contributed by atoms with Crippen LogP contribution >= 0.6 is 22.9 Å². The Balaban J connectivity index is 1.38. The lowest BCUT2D eigenvalue weighted by Gasteiger charge is -2.35. The van der Waals surface area contributed by atoms with E-state index in [0.29, 0.717) is 32.4 Å². The van der Waals surface area contributed by atoms with E-state index in [0.717, 1.165) is 57.3 Å². The normalized spacial score (nSPS) is 14.2. The molecule has 0 aliphatic carbocycles. The zero-order valence-electron chi connectivity index (χ0n) is 20.2. The van der Waals surface area contributed by atoms with Crippen LogP contribution in [-0.2, 0) is 4.74 Å². The molecule has 11 heteroatoms. The molecular formula is C24H30ClN7O2S. The third-order valence-corrected chi connectivity index (χ3v) is 6.93. The second-order valence-corrected chi connectivity index (χ2v) is 9.66. The molecule has 2 N–H and O–H groups in total. The Morgan fingerprint density at radius 1 is 1.20 bits per heavy atom. The van der Waals surface area contributed by atoms with Crippen molar-refractivity contribution in [3.05, 3.63) is 51.7 Å². The van der Waals surface area contributed by atoms with Gasteiger partial charge in [0.05, 0.1) is 23.5 Å². The molecule has 3 heterocycles. The number of amides is 1. The number of carbonyl (C=O) groups excluding carboxylic acids is 1. The molecule has 1 aliphatic rings. The van der Waals surface area contributed by atoms with Gasteiger partial charge in [-0.3, -0.25) is 9.69 Å². The molecule has 9 nitrogen and oxygen atoms in total. The van der Waals surface area contributed by atoms with Gasteiger partial charge in [-0.25, -0.2) is 15.0 Å². The van der Waals surface area contributed by atoms with Crippen LogP contribution in [0.1, 0.15) is 28.0 Å². The Hall–Kier alpha value is -2.79. The SMILES string of the molecule is CCOCCN1CCN(c2cc(Nc3ncc(C(=O)Nc4c(C)cccc4Cl)s3)nc(C)n2)CC1. The smallest absolute Gasteiger partial charge is 0.267 e.